The number of halogens is 1. The number of nitrogens with zero attached hydrogens (tertiary/aromatic N) is 1. The van der Waals surface area contributed by atoms with E-state index in [1.54, 1.807) is 17.0 Å². The van der Waals surface area contributed by atoms with Gasteiger partial charge in [-0.2, -0.15) is 0 Å². The summed E-state index contributed by atoms with van der Waals surface area (Å²) in [5.41, 5.74) is 0. The zero-order chi connectivity index (χ0) is 14.4. The molecule has 1 saturated heterocycles. The Kier molecular flexibility index (Phi) is 5.35. The molecule has 1 atom stereocenters. The van der Waals surface area contributed by atoms with Crippen LogP contribution in [-0.2, 0) is 4.79 Å². The molecule has 0 aromatic heterocycles. The Morgan fingerprint density at radius 1 is 1.45 bits per heavy atom. The molecular weight excluding hydrogens is 261 g/mol. The molecule has 0 saturated carbocycles. The molecule has 1 aromatic rings. The molecule has 1 heterocycles. The van der Waals surface area contributed by atoms with Crippen molar-refractivity contribution in [3.63, 3.8) is 0 Å². The second-order valence-corrected chi connectivity index (χ2v) is 4.98. The molecule has 1 aliphatic heterocycles. The molecule has 110 valence electrons. The number of carbonyl (C=O) groups excluding carboxylic acids is 1. The van der Waals surface area contributed by atoms with Crippen molar-refractivity contribution < 1.29 is 19.0 Å². The highest BCUT2D eigenvalue weighted by molar-refractivity contribution is 5.76. The van der Waals surface area contributed by atoms with Gasteiger partial charge in [0.2, 0.25) is 5.91 Å². The molecule has 1 N–H and O–H groups in total. The Labute approximate surface area is 118 Å². The van der Waals surface area contributed by atoms with E-state index in [-0.39, 0.29) is 37.4 Å². The van der Waals surface area contributed by atoms with E-state index in [0.29, 0.717) is 12.3 Å². The number of aliphatic hydroxyl groups excluding tert-OH is 1. The summed E-state index contributed by atoms with van der Waals surface area (Å²) in [6, 6.07) is 5.80. The van der Waals surface area contributed by atoms with Crippen LogP contribution < -0.4 is 4.74 Å². The van der Waals surface area contributed by atoms with E-state index in [0.717, 1.165) is 19.3 Å². The van der Waals surface area contributed by atoms with Gasteiger partial charge in [-0.05, 0) is 31.4 Å². The van der Waals surface area contributed by atoms with Gasteiger partial charge in [-0.1, -0.05) is 6.07 Å². The van der Waals surface area contributed by atoms with E-state index in [2.05, 4.69) is 0 Å². The third kappa shape index (κ3) is 3.93. The molecule has 2 rings (SSSR count). The van der Waals surface area contributed by atoms with Crippen LogP contribution in [0.15, 0.2) is 24.3 Å². The van der Waals surface area contributed by atoms with Crippen LogP contribution in [0, 0.1) is 5.82 Å². The molecule has 0 bridgehead atoms. The molecule has 1 unspecified atom stereocenters. The first-order valence-electron chi connectivity index (χ1n) is 6.99. The summed E-state index contributed by atoms with van der Waals surface area (Å²) in [5, 5.41) is 9.28. The monoisotopic (exact) mass is 281 g/mol. The van der Waals surface area contributed by atoms with Crippen LogP contribution in [0.1, 0.15) is 25.7 Å². The van der Waals surface area contributed by atoms with E-state index < -0.39 is 0 Å². The largest absolute Gasteiger partial charge is 0.493 e. The summed E-state index contributed by atoms with van der Waals surface area (Å²) in [6.45, 7) is 0.928. The van der Waals surface area contributed by atoms with Gasteiger partial charge < -0.3 is 14.7 Å². The topological polar surface area (TPSA) is 49.8 Å². The van der Waals surface area contributed by atoms with Crippen LogP contribution in [-0.4, -0.2) is 41.7 Å². The average molecular weight is 281 g/mol. The Bertz CT molecular complexity index is 452. The highest BCUT2D eigenvalue weighted by Gasteiger charge is 2.25. The zero-order valence-corrected chi connectivity index (χ0v) is 11.4. The van der Waals surface area contributed by atoms with Crippen molar-refractivity contribution in [1.29, 1.82) is 0 Å². The minimum Gasteiger partial charge on any atom is -0.493 e. The molecule has 1 aliphatic rings. The highest BCUT2D eigenvalue weighted by Crippen LogP contribution is 2.18. The van der Waals surface area contributed by atoms with Gasteiger partial charge in [0.15, 0.2) is 0 Å². The predicted molar refractivity (Wildman–Crippen MR) is 72.9 cm³/mol. The molecule has 4 nitrogen and oxygen atoms in total. The minimum absolute atomic E-state index is 0.0104. The van der Waals surface area contributed by atoms with Gasteiger partial charge in [-0.25, -0.2) is 4.39 Å². The molecule has 0 aliphatic carbocycles. The maximum atomic E-state index is 13.0. The first-order valence-corrected chi connectivity index (χ1v) is 6.99. The minimum atomic E-state index is -0.356. The first-order chi connectivity index (χ1) is 9.70. The van der Waals surface area contributed by atoms with Gasteiger partial charge in [0.25, 0.3) is 0 Å². The molecule has 20 heavy (non-hydrogen) atoms. The number of rotatable bonds is 5. The number of hydrogen-bond donors (Lipinski definition) is 1. The number of likely N-dealkylation sites (tertiary alicyclic amines) is 1. The number of benzene rings is 1. The van der Waals surface area contributed by atoms with Crippen molar-refractivity contribution in [3.05, 3.63) is 30.1 Å². The average Bonchev–Trinajstić information content (AvgIpc) is 2.47. The van der Waals surface area contributed by atoms with Gasteiger partial charge in [-0.3, -0.25) is 4.79 Å². The molecular formula is C15H20FNO3. The maximum absolute atomic E-state index is 13.0. The standard InChI is InChI=1S/C15H20FNO3/c16-12-4-3-6-14(10-12)20-9-7-15(19)17-8-2-1-5-13(17)11-18/h3-4,6,10,13,18H,1-2,5,7-9,11H2. The fraction of sp³-hybridized carbons (Fsp3) is 0.533. The predicted octanol–water partition coefficient (Wildman–Crippen LogP) is 1.97. The summed E-state index contributed by atoms with van der Waals surface area (Å²) in [7, 11) is 0. The maximum Gasteiger partial charge on any atom is 0.226 e. The number of ether oxygens (including phenoxy) is 1. The first kappa shape index (κ1) is 14.8. The summed E-state index contributed by atoms with van der Waals surface area (Å²) >= 11 is 0. The van der Waals surface area contributed by atoms with Crippen molar-refractivity contribution in [1.82, 2.24) is 4.90 Å². The van der Waals surface area contributed by atoms with Crippen LogP contribution in [0.5, 0.6) is 5.75 Å². The lowest BCUT2D eigenvalue weighted by molar-refractivity contribution is -0.136. The second kappa shape index (κ2) is 7.24. The Hall–Kier alpha value is -1.62. The normalized spacial score (nSPS) is 18.9. The Morgan fingerprint density at radius 3 is 3.05 bits per heavy atom. The van der Waals surface area contributed by atoms with Crippen LogP contribution in [0.2, 0.25) is 0 Å². The van der Waals surface area contributed by atoms with Gasteiger partial charge in [0.05, 0.1) is 25.7 Å². The smallest absolute Gasteiger partial charge is 0.226 e. The lowest BCUT2D eigenvalue weighted by Gasteiger charge is -2.34. The Balaban J connectivity index is 1.79. The second-order valence-electron chi connectivity index (χ2n) is 4.98. The zero-order valence-electron chi connectivity index (χ0n) is 11.4. The van der Waals surface area contributed by atoms with E-state index in [1.807, 2.05) is 0 Å². The summed E-state index contributed by atoms with van der Waals surface area (Å²) in [4.78, 5) is 13.8. The van der Waals surface area contributed by atoms with E-state index in [1.165, 1.54) is 12.1 Å². The SMILES string of the molecule is O=C(CCOc1cccc(F)c1)N1CCCCC1CO. The van der Waals surface area contributed by atoms with Gasteiger partial charge in [0, 0.05) is 12.6 Å². The number of carbonyl (C=O) groups is 1. The molecule has 1 aromatic carbocycles. The molecule has 0 radical (unpaired) electrons. The van der Waals surface area contributed by atoms with Gasteiger partial charge in [-0.15, -0.1) is 0 Å². The fourth-order valence-corrected chi connectivity index (χ4v) is 2.48. The molecule has 1 fully saturated rings. The van der Waals surface area contributed by atoms with Crippen LogP contribution in [0.3, 0.4) is 0 Å². The number of aliphatic hydroxyl groups is 1. The lowest BCUT2D eigenvalue weighted by Crippen LogP contribution is -2.46. The summed E-state index contributed by atoms with van der Waals surface area (Å²) < 4.78 is 18.3. The number of hydrogen-bond acceptors (Lipinski definition) is 3. The van der Waals surface area contributed by atoms with Crippen LogP contribution in [0.25, 0.3) is 0 Å². The third-order valence-corrected chi connectivity index (χ3v) is 3.54. The van der Waals surface area contributed by atoms with Crippen LogP contribution in [0.4, 0.5) is 4.39 Å². The Morgan fingerprint density at radius 2 is 2.30 bits per heavy atom. The lowest BCUT2D eigenvalue weighted by atomic mass is 10.0. The van der Waals surface area contributed by atoms with Crippen molar-refractivity contribution in [2.24, 2.45) is 0 Å². The third-order valence-electron chi connectivity index (χ3n) is 3.54. The van der Waals surface area contributed by atoms with Gasteiger partial charge in [0.1, 0.15) is 11.6 Å². The highest BCUT2D eigenvalue weighted by atomic mass is 19.1. The van der Waals surface area contributed by atoms with Crippen molar-refractivity contribution in [2.75, 3.05) is 19.8 Å². The van der Waals surface area contributed by atoms with Crippen molar-refractivity contribution in [2.45, 2.75) is 31.7 Å². The molecule has 0 spiro atoms. The van der Waals surface area contributed by atoms with Gasteiger partial charge >= 0.3 is 0 Å². The fourth-order valence-electron chi connectivity index (χ4n) is 2.48. The summed E-state index contributed by atoms with van der Waals surface area (Å²) in [5.74, 6) is 0.0560. The van der Waals surface area contributed by atoms with Crippen molar-refractivity contribution >= 4 is 5.91 Å². The summed E-state index contributed by atoms with van der Waals surface area (Å²) in [6.07, 6.45) is 3.13. The molecule has 5 heteroatoms. The number of piperidine rings is 1. The quantitative estimate of drug-likeness (QED) is 0.897. The number of amides is 1. The molecule has 1 amide bonds. The van der Waals surface area contributed by atoms with E-state index in [9.17, 15) is 14.3 Å². The van der Waals surface area contributed by atoms with E-state index in [4.69, 9.17) is 4.74 Å². The van der Waals surface area contributed by atoms with E-state index >= 15 is 0 Å². The van der Waals surface area contributed by atoms with Crippen LogP contribution >= 0.6 is 0 Å². The van der Waals surface area contributed by atoms with Crippen molar-refractivity contribution in [3.8, 4) is 5.75 Å².